The molecule has 1 amide bonds. The van der Waals surface area contributed by atoms with E-state index in [0.29, 0.717) is 6.54 Å². The van der Waals surface area contributed by atoms with Gasteiger partial charge in [-0.15, -0.1) is 0 Å². The van der Waals surface area contributed by atoms with Crippen LogP contribution in [0.4, 0.5) is 5.95 Å². The number of hydrogen-bond donors (Lipinski definition) is 1. The number of nitrogens with one attached hydrogen (secondary N) is 1. The number of aryl methyl sites for hydroxylation is 2. The van der Waals surface area contributed by atoms with Crippen molar-refractivity contribution >= 4 is 11.9 Å². The molecule has 2 heterocycles. The van der Waals surface area contributed by atoms with Gasteiger partial charge in [0.15, 0.2) is 6.54 Å². The van der Waals surface area contributed by atoms with E-state index in [1.807, 2.05) is 11.0 Å². The molecule has 1 aromatic heterocycles. The fraction of sp³-hybridized carbons (Fsp3) is 0.450. The molecule has 0 spiro atoms. The second kappa shape index (κ2) is 8.27. The highest BCUT2D eigenvalue weighted by atomic mass is 16.2. The highest BCUT2D eigenvalue weighted by molar-refractivity contribution is 5.77. The molecule has 2 aromatic rings. The Morgan fingerprint density at radius 2 is 1.81 bits per heavy atom. The number of aromatic nitrogens is 2. The Bertz CT molecular complexity index is 741. The zero-order valence-corrected chi connectivity index (χ0v) is 15.9. The fourth-order valence-electron chi connectivity index (χ4n) is 3.41. The van der Waals surface area contributed by atoms with Crippen molar-refractivity contribution < 1.29 is 9.69 Å². The molecule has 1 aromatic carbocycles. The maximum atomic E-state index is 12.6. The van der Waals surface area contributed by atoms with E-state index in [0.717, 1.165) is 38.7 Å². The summed E-state index contributed by atoms with van der Waals surface area (Å²) in [6.07, 6.45) is 3.51. The Morgan fingerprint density at radius 3 is 2.46 bits per heavy atom. The van der Waals surface area contributed by atoms with E-state index in [4.69, 9.17) is 0 Å². The van der Waals surface area contributed by atoms with Gasteiger partial charge in [0.2, 0.25) is 5.95 Å². The number of piperazine rings is 1. The maximum Gasteiger partial charge on any atom is 0.277 e. The summed E-state index contributed by atoms with van der Waals surface area (Å²) >= 11 is 0. The largest absolute Gasteiger partial charge is 0.337 e. The van der Waals surface area contributed by atoms with E-state index >= 15 is 0 Å². The number of carbonyl (C=O) groups excluding carboxylic acids is 1. The molecule has 3 rings (SSSR count). The van der Waals surface area contributed by atoms with Crippen LogP contribution in [0.25, 0.3) is 0 Å². The van der Waals surface area contributed by atoms with Gasteiger partial charge in [-0.3, -0.25) is 4.79 Å². The van der Waals surface area contributed by atoms with Crippen molar-refractivity contribution in [3.05, 3.63) is 53.3 Å². The summed E-state index contributed by atoms with van der Waals surface area (Å²) in [4.78, 5) is 26.5. The third-order valence-electron chi connectivity index (χ3n) is 4.91. The van der Waals surface area contributed by atoms with Crippen LogP contribution in [-0.2, 0) is 11.3 Å². The lowest BCUT2D eigenvalue weighted by molar-refractivity contribution is -0.885. The highest BCUT2D eigenvalue weighted by Crippen LogP contribution is 2.10. The minimum Gasteiger partial charge on any atom is -0.337 e. The van der Waals surface area contributed by atoms with Crippen LogP contribution in [0.3, 0.4) is 0 Å². The average molecular weight is 354 g/mol. The quantitative estimate of drug-likeness (QED) is 0.848. The number of amides is 1. The molecule has 1 aliphatic rings. The Balaban J connectivity index is 1.49. The number of likely N-dealkylation sites (N-methyl/N-ethyl adjacent to an activating group) is 1. The van der Waals surface area contributed by atoms with E-state index in [1.165, 1.54) is 21.6 Å². The van der Waals surface area contributed by atoms with E-state index in [-0.39, 0.29) is 5.91 Å². The SMILES string of the molecule is Cc1ccc(C[NH+](C)CC(=O)N2CCN(c3ncccn3)CC2)c(C)c1. The lowest BCUT2D eigenvalue weighted by Crippen LogP contribution is -3.09. The predicted molar refractivity (Wildman–Crippen MR) is 102 cm³/mol. The molecular formula is C20H28N5O+. The maximum absolute atomic E-state index is 12.6. The summed E-state index contributed by atoms with van der Waals surface area (Å²) < 4.78 is 0. The Kier molecular flexibility index (Phi) is 5.83. The van der Waals surface area contributed by atoms with Gasteiger partial charge in [0.1, 0.15) is 6.54 Å². The summed E-state index contributed by atoms with van der Waals surface area (Å²) in [5.74, 6) is 0.970. The van der Waals surface area contributed by atoms with Crippen molar-refractivity contribution in [3.8, 4) is 0 Å². The van der Waals surface area contributed by atoms with E-state index in [2.05, 4.69) is 54.0 Å². The Morgan fingerprint density at radius 1 is 1.12 bits per heavy atom. The van der Waals surface area contributed by atoms with Crippen LogP contribution >= 0.6 is 0 Å². The Hall–Kier alpha value is -2.47. The third-order valence-corrected chi connectivity index (χ3v) is 4.91. The molecule has 6 heteroatoms. The minimum absolute atomic E-state index is 0.223. The van der Waals surface area contributed by atoms with Crippen molar-refractivity contribution in [2.45, 2.75) is 20.4 Å². The van der Waals surface area contributed by atoms with Crippen molar-refractivity contribution in [2.75, 3.05) is 44.7 Å². The van der Waals surface area contributed by atoms with Crippen LogP contribution in [0.15, 0.2) is 36.7 Å². The van der Waals surface area contributed by atoms with Gasteiger partial charge >= 0.3 is 0 Å². The number of hydrogen-bond acceptors (Lipinski definition) is 4. The molecule has 0 saturated carbocycles. The number of quaternary nitrogens is 1. The van der Waals surface area contributed by atoms with Crippen LogP contribution in [0, 0.1) is 13.8 Å². The number of anilines is 1. The number of rotatable bonds is 5. The number of benzene rings is 1. The minimum atomic E-state index is 0.223. The molecule has 138 valence electrons. The number of nitrogens with zero attached hydrogens (tertiary/aromatic N) is 4. The Labute approximate surface area is 155 Å². The van der Waals surface area contributed by atoms with Gasteiger partial charge in [-0.1, -0.05) is 23.8 Å². The summed E-state index contributed by atoms with van der Waals surface area (Å²) in [7, 11) is 2.09. The van der Waals surface area contributed by atoms with Gasteiger partial charge in [-0.25, -0.2) is 9.97 Å². The van der Waals surface area contributed by atoms with Gasteiger partial charge in [0.05, 0.1) is 7.05 Å². The van der Waals surface area contributed by atoms with Crippen molar-refractivity contribution in [3.63, 3.8) is 0 Å². The molecule has 1 fully saturated rings. The standard InChI is InChI=1S/C20H27N5O/c1-16-5-6-18(17(2)13-16)14-23(3)15-19(26)24-9-11-25(12-10-24)20-21-7-4-8-22-20/h4-8,13H,9-12,14-15H2,1-3H3/p+1. The van der Waals surface area contributed by atoms with Gasteiger partial charge < -0.3 is 14.7 Å². The lowest BCUT2D eigenvalue weighted by Gasteiger charge is -2.34. The second-order valence-electron chi connectivity index (χ2n) is 7.16. The first-order chi connectivity index (χ1) is 12.5. The van der Waals surface area contributed by atoms with Crippen LogP contribution in [-0.4, -0.2) is 60.5 Å². The van der Waals surface area contributed by atoms with Crippen molar-refractivity contribution in [1.82, 2.24) is 14.9 Å². The first-order valence-electron chi connectivity index (χ1n) is 9.20. The first kappa shape index (κ1) is 18.3. The van der Waals surface area contributed by atoms with Gasteiger partial charge in [-0.2, -0.15) is 0 Å². The molecular weight excluding hydrogens is 326 g/mol. The molecule has 0 aliphatic carbocycles. The van der Waals surface area contributed by atoms with Crippen LogP contribution in [0.1, 0.15) is 16.7 Å². The summed E-state index contributed by atoms with van der Waals surface area (Å²) in [5.41, 5.74) is 3.89. The summed E-state index contributed by atoms with van der Waals surface area (Å²) in [6.45, 7) is 8.67. The second-order valence-corrected chi connectivity index (χ2v) is 7.16. The molecule has 1 unspecified atom stereocenters. The van der Waals surface area contributed by atoms with E-state index in [1.54, 1.807) is 12.4 Å². The van der Waals surface area contributed by atoms with Gasteiger partial charge in [0, 0.05) is 44.1 Å². The lowest BCUT2D eigenvalue weighted by atomic mass is 10.1. The van der Waals surface area contributed by atoms with Crippen LogP contribution in [0.2, 0.25) is 0 Å². The third kappa shape index (κ3) is 4.58. The molecule has 1 N–H and O–H groups in total. The van der Waals surface area contributed by atoms with E-state index < -0.39 is 0 Å². The topological polar surface area (TPSA) is 53.8 Å². The molecule has 1 atom stereocenters. The van der Waals surface area contributed by atoms with Crippen molar-refractivity contribution in [2.24, 2.45) is 0 Å². The molecule has 0 radical (unpaired) electrons. The zero-order valence-electron chi connectivity index (χ0n) is 15.9. The normalized spacial score (nSPS) is 15.8. The predicted octanol–water partition coefficient (Wildman–Crippen LogP) is 0.457. The molecule has 1 saturated heterocycles. The first-order valence-corrected chi connectivity index (χ1v) is 9.20. The van der Waals surface area contributed by atoms with Crippen molar-refractivity contribution in [1.29, 1.82) is 0 Å². The fourth-order valence-corrected chi connectivity index (χ4v) is 3.41. The summed E-state index contributed by atoms with van der Waals surface area (Å²) in [5, 5.41) is 0. The van der Waals surface area contributed by atoms with E-state index in [9.17, 15) is 4.79 Å². The highest BCUT2D eigenvalue weighted by Gasteiger charge is 2.24. The smallest absolute Gasteiger partial charge is 0.277 e. The molecule has 26 heavy (non-hydrogen) atoms. The van der Waals surface area contributed by atoms with Crippen LogP contribution in [0.5, 0.6) is 0 Å². The zero-order chi connectivity index (χ0) is 18.5. The molecule has 6 nitrogen and oxygen atoms in total. The van der Waals surface area contributed by atoms with Gasteiger partial charge in [0.25, 0.3) is 5.91 Å². The van der Waals surface area contributed by atoms with Crippen LogP contribution < -0.4 is 9.80 Å². The number of carbonyl (C=O) groups is 1. The molecule has 0 bridgehead atoms. The monoisotopic (exact) mass is 354 g/mol. The van der Waals surface area contributed by atoms with Gasteiger partial charge in [-0.05, 0) is 25.5 Å². The molecule has 1 aliphatic heterocycles. The summed E-state index contributed by atoms with van der Waals surface area (Å²) in [6, 6.07) is 8.34. The average Bonchev–Trinajstić information content (AvgIpc) is 2.65.